The largest absolute Gasteiger partial charge is 0.342 e. The van der Waals surface area contributed by atoms with Crippen LogP contribution in [0.4, 0.5) is 0 Å². The Morgan fingerprint density at radius 2 is 2.10 bits per heavy atom. The second-order valence-corrected chi connectivity index (χ2v) is 5.59. The Bertz CT molecular complexity index is 526. The third-order valence-electron chi connectivity index (χ3n) is 3.36. The van der Waals surface area contributed by atoms with Crippen LogP contribution < -0.4 is 5.32 Å². The molecular formula is C15H25N5. The van der Waals surface area contributed by atoms with Crippen LogP contribution in [0.15, 0.2) is 24.7 Å². The van der Waals surface area contributed by atoms with Crippen molar-refractivity contribution in [1.82, 2.24) is 24.6 Å². The molecule has 0 aromatic carbocycles. The molecule has 5 heteroatoms. The maximum Gasteiger partial charge on any atom is 0.146 e. The molecular weight excluding hydrogens is 250 g/mol. The van der Waals surface area contributed by atoms with E-state index < -0.39 is 0 Å². The Balaban J connectivity index is 2.15. The average Bonchev–Trinajstić information content (AvgIpc) is 3.00. The fourth-order valence-electron chi connectivity index (χ4n) is 2.44. The van der Waals surface area contributed by atoms with Gasteiger partial charge in [-0.1, -0.05) is 20.8 Å². The second kappa shape index (κ2) is 6.70. The highest BCUT2D eigenvalue weighted by atomic mass is 15.3. The third kappa shape index (κ3) is 3.48. The van der Waals surface area contributed by atoms with Crippen molar-refractivity contribution in [3.05, 3.63) is 36.2 Å². The first-order chi connectivity index (χ1) is 9.61. The lowest BCUT2D eigenvalue weighted by Crippen LogP contribution is -2.21. The van der Waals surface area contributed by atoms with Gasteiger partial charge in [-0.25, -0.2) is 9.67 Å². The molecule has 0 radical (unpaired) electrons. The number of aromatic nitrogens is 4. The molecule has 2 aromatic rings. The highest BCUT2D eigenvalue weighted by Crippen LogP contribution is 2.15. The van der Waals surface area contributed by atoms with E-state index in [1.54, 1.807) is 6.33 Å². The molecule has 1 atom stereocenters. The van der Waals surface area contributed by atoms with E-state index in [0.717, 1.165) is 25.5 Å². The highest BCUT2D eigenvalue weighted by Gasteiger charge is 2.12. The molecule has 5 nitrogen and oxygen atoms in total. The zero-order valence-corrected chi connectivity index (χ0v) is 12.9. The van der Waals surface area contributed by atoms with E-state index in [-0.39, 0.29) is 0 Å². The minimum Gasteiger partial charge on any atom is -0.342 e. The highest BCUT2D eigenvalue weighted by molar-refractivity contribution is 5.12. The summed E-state index contributed by atoms with van der Waals surface area (Å²) in [5.74, 6) is 1.58. The summed E-state index contributed by atoms with van der Waals surface area (Å²) in [7, 11) is 0. The van der Waals surface area contributed by atoms with Crippen LogP contribution in [-0.4, -0.2) is 25.9 Å². The van der Waals surface area contributed by atoms with Crippen LogP contribution in [0, 0.1) is 5.92 Å². The first-order valence-corrected chi connectivity index (χ1v) is 7.37. The first kappa shape index (κ1) is 14.8. The molecule has 0 bridgehead atoms. The van der Waals surface area contributed by atoms with E-state index in [1.165, 1.54) is 5.69 Å². The van der Waals surface area contributed by atoms with Crippen molar-refractivity contribution in [3.8, 4) is 0 Å². The number of rotatable bonds is 7. The van der Waals surface area contributed by atoms with Crippen molar-refractivity contribution in [2.75, 3.05) is 6.54 Å². The number of nitrogens with one attached hydrogen (secondary N) is 1. The van der Waals surface area contributed by atoms with Crippen molar-refractivity contribution in [1.29, 1.82) is 0 Å². The van der Waals surface area contributed by atoms with Gasteiger partial charge in [0, 0.05) is 24.5 Å². The molecule has 2 aromatic heterocycles. The SMILES string of the molecule is CCNC(C)c1cccn1Cc1ncnn1CC(C)C. The molecule has 0 aliphatic heterocycles. The Hall–Kier alpha value is -1.62. The van der Waals surface area contributed by atoms with Crippen LogP contribution in [0.25, 0.3) is 0 Å². The predicted octanol–water partition coefficient (Wildman–Crippen LogP) is 2.45. The summed E-state index contributed by atoms with van der Waals surface area (Å²) in [6.45, 7) is 11.4. The quantitative estimate of drug-likeness (QED) is 0.844. The molecule has 0 amide bonds. The minimum absolute atomic E-state index is 0.344. The van der Waals surface area contributed by atoms with E-state index in [0.29, 0.717) is 12.0 Å². The van der Waals surface area contributed by atoms with Gasteiger partial charge in [-0.15, -0.1) is 0 Å². The molecule has 20 heavy (non-hydrogen) atoms. The number of hydrogen-bond donors (Lipinski definition) is 1. The van der Waals surface area contributed by atoms with Gasteiger partial charge in [0.25, 0.3) is 0 Å². The summed E-state index contributed by atoms with van der Waals surface area (Å²) in [5.41, 5.74) is 1.28. The predicted molar refractivity (Wildman–Crippen MR) is 80.5 cm³/mol. The number of nitrogens with zero attached hydrogens (tertiary/aromatic N) is 4. The van der Waals surface area contributed by atoms with Gasteiger partial charge in [0.2, 0.25) is 0 Å². The zero-order valence-electron chi connectivity index (χ0n) is 12.9. The molecule has 0 fully saturated rings. The third-order valence-corrected chi connectivity index (χ3v) is 3.36. The number of hydrogen-bond acceptors (Lipinski definition) is 3. The molecule has 0 aliphatic rings. The van der Waals surface area contributed by atoms with E-state index >= 15 is 0 Å². The summed E-state index contributed by atoms with van der Waals surface area (Å²) in [6.07, 6.45) is 3.76. The van der Waals surface area contributed by atoms with Gasteiger partial charge in [-0.3, -0.25) is 0 Å². The lowest BCUT2D eigenvalue weighted by atomic mass is 10.2. The van der Waals surface area contributed by atoms with Crippen molar-refractivity contribution in [2.24, 2.45) is 5.92 Å². The van der Waals surface area contributed by atoms with Gasteiger partial charge in [-0.05, 0) is 31.5 Å². The van der Waals surface area contributed by atoms with Crippen molar-refractivity contribution < 1.29 is 0 Å². The van der Waals surface area contributed by atoms with Crippen LogP contribution in [0.1, 0.15) is 45.3 Å². The maximum atomic E-state index is 4.40. The van der Waals surface area contributed by atoms with Crippen LogP contribution in [0.3, 0.4) is 0 Å². The fraction of sp³-hybridized carbons (Fsp3) is 0.600. The first-order valence-electron chi connectivity index (χ1n) is 7.37. The molecule has 0 spiro atoms. The smallest absolute Gasteiger partial charge is 0.146 e. The maximum absolute atomic E-state index is 4.40. The summed E-state index contributed by atoms with van der Waals surface area (Å²) in [5, 5.41) is 7.78. The molecule has 2 rings (SSSR count). The molecule has 110 valence electrons. The van der Waals surface area contributed by atoms with Gasteiger partial charge >= 0.3 is 0 Å². The van der Waals surface area contributed by atoms with Crippen LogP contribution >= 0.6 is 0 Å². The average molecular weight is 275 g/mol. The summed E-state index contributed by atoms with van der Waals surface area (Å²) < 4.78 is 4.25. The topological polar surface area (TPSA) is 47.7 Å². The molecule has 0 aliphatic carbocycles. The van der Waals surface area contributed by atoms with Crippen LogP contribution in [0.2, 0.25) is 0 Å². The van der Waals surface area contributed by atoms with Gasteiger partial charge in [0.15, 0.2) is 0 Å². The lowest BCUT2D eigenvalue weighted by Gasteiger charge is -2.16. The standard InChI is InChI=1S/C15H25N5/c1-5-16-13(4)14-7-6-8-19(14)10-15-17-11-18-20(15)9-12(2)3/h6-8,11-13,16H,5,9-10H2,1-4H3. The Morgan fingerprint density at radius 3 is 2.80 bits per heavy atom. The normalized spacial score (nSPS) is 13.1. The summed E-state index contributed by atoms with van der Waals surface area (Å²) in [4.78, 5) is 4.40. The van der Waals surface area contributed by atoms with E-state index in [4.69, 9.17) is 0 Å². The van der Waals surface area contributed by atoms with Crippen molar-refractivity contribution in [3.63, 3.8) is 0 Å². The Labute approximate surface area is 121 Å². The second-order valence-electron chi connectivity index (χ2n) is 5.59. The summed E-state index contributed by atoms with van der Waals surface area (Å²) >= 11 is 0. The zero-order chi connectivity index (χ0) is 14.5. The van der Waals surface area contributed by atoms with E-state index in [1.807, 2.05) is 4.68 Å². The van der Waals surface area contributed by atoms with E-state index in [2.05, 4.69) is 66.0 Å². The van der Waals surface area contributed by atoms with Crippen molar-refractivity contribution >= 4 is 0 Å². The van der Waals surface area contributed by atoms with E-state index in [9.17, 15) is 0 Å². The van der Waals surface area contributed by atoms with Gasteiger partial charge in [-0.2, -0.15) is 5.10 Å². The molecule has 1 N–H and O–H groups in total. The fourth-order valence-corrected chi connectivity index (χ4v) is 2.44. The van der Waals surface area contributed by atoms with Crippen LogP contribution in [-0.2, 0) is 13.1 Å². The van der Waals surface area contributed by atoms with Gasteiger partial charge in [0.05, 0.1) is 6.54 Å². The Morgan fingerprint density at radius 1 is 1.30 bits per heavy atom. The van der Waals surface area contributed by atoms with Gasteiger partial charge < -0.3 is 9.88 Å². The minimum atomic E-state index is 0.344. The molecule has 2 heterocycles. The van der Waals surface area contributed by atoms with Crippen LogP contribution in [0.5, 0.6) is 0 Å². The van der Waals surface area contributed by atoms with Gasteiger partial charge in [0.1, 0.15) is 12.2 Å². The summed E-state index contributed by atoms with van der Waals surface area (Å²) in [6, 6.07) is 4.60. The monoisotopic (exact) mass is 275 g/mol. The Kier molecular flexibility index (Phi) is 4.95. The van der Waals surface area contributed by atoms with Crippen molar-refractivity contribution in [2.45, 2.75) is 46.8 Å². The molecule has 0 saturated carbocycles. The molecule has 1 unspecified atom stereocenters. The molecule has 0 saturated heterocycles. The lowest BCUT2D eigenvalue weighted by molar-refractivity contribution is 0.456.